The van der Waals surface area contributed by atoms with E-state index in [0.717, 1.165) is 95.8 Å². The van der Waals surface area contributed by atoms with Gasteiger partial charge in [-0.25, -0.2) is 9.13 Å². The van der Waals surface area contributed by atoms with Gasteiger partial charge in [-0.1, -0.05) is 394 Å². The van der Waals surface area contributed by atoms with Gasteiger partial charge in [0.1, 0.15) is 19.3 Å². The van der Waals surface area contributed by atoms with E-state index in [1.54, 1.807) is 0 Å². The molecule has 3 N–H and O–H groups in total. The maximum Gasteiger partial charge on any atom is 0.472 e. The SMILES string of the molecule is CCCCCCCCCCCCCCCCCCCCCCC(=O)O[C@H](COC(=O)CCCCCCCCCCCCCCCCC(C)C)COP(=O)(O)OC[C@@H](O)COP(=O)(O)OC[C@@H](COC(=O)CCCCCCCCCCC)OC(=O)CCCCCCCCCCCCCCCCCC. The van der Waals surface area contributed by atoms with Crippen molar-refractivity contribution in [1.82, 2.24) is 0 Å². The molecule has 19 heteroatoms. The third kappa shape index (κ3) is 76.3. The molecule has 0 amide bonds. The van der Waals surface area contributed by atoms with Crippen LogP contribution in [0.2, 0.25) is 0 Å². The Morgan fingerprint density at radius 1 is 0.265 bits per heavy atom. The molecule has 0 saturated carbocycles. The summed E-state index contributed by atoms with van der Waals surface area (Å²) < 4.78 is 68.8. The summed E-state index contributed by atoms with van der Waals surface area (Å²) in [6, 6.07) is 0. The number of rotatable bonds is 83. The Balaban J connectivity index is 5.21. The van der Waals surface area contributed by atoms with Crippen LogP contribution in [-0.4, -0.2) is 96.7 Å². The number of hydrogen-bond donors (Lipinski definition) is 3. The van der Waals surface area contributed by atoms with Gasteiger partial charge in [-0.15, -0.1) is 0 Å². The van der Waals surface area contributed by atoms with Gasteiger partial charge in [-0.3, -0.25) is 37.3 Å². The number of carbonyl (C=O) groups is 4. The molecule has 0 aliphatic heterocycles. The number of unbranched alkanes of at least 4 members (excludes halogenated alkanes) is 55. The molecule has 0 aromatic carbocycles. The second kappa shape index (κ2) is 75.9. The van der Waals surface area contributed by atoms with E-state index in [0.29, 0.717) is 25.7 Å². The quantitative estimate of drug-likeness (QED) is 0.0222. The topological polar surface area (TPSA) is 237 Å². The highest BCUT2D eigenvalue weighted by Crippen LogP contribution is 2.45. The molecule has 0 radical (unpaired) electrons. The van der Waals surface area contributed by atoms with Crippen LogP contribution in [0, 0.1) is 5.92 Å². The molecular formula is C83H162O17P2. The maximum atomic E-state index is 13.1. The average molecular weight is 1490 g/mol. The van der Waals surface area contributed by atoms with Crippen LogP contribution in [0.5, 0.6) is 0 Å². The monoisotopic (exact) mass is 1490 g/mol. The molecule has 606 valence electrons. The van der Waals surface area contributed by atoms with Crippen LogP contribution >= 0.6 is 15.6 Å². The molecule has 0 aliphatic carbocycles. The highest BCUT2D eigenvalue weighted by atomic mass is 31.2. The largest absolute Gasteiger partial charge is 0.472 e. The Kier molecular flexibility index (Phi) is 74.4. The van der Waals surface area contributed by atoms with Crippen molar-refractivity contribution in [3.8, 4) is 0 Å². The van der Waals surface area contributed by atoms with Crippen LogP contribution in [0.4, 0.5) is 0 Å². The Hall–Kier alpha value is -1.94. The zero-order valence-electron chi connectivity index (χ0n) is 66.8. The molecule has 0 spiro atoms. The van der Waals surface area contributed by atoms with E-state index in [-0.39, 0.29) is 25.7 Å². The van der Waals surface area contributed by atoms with Crippen LogP contribution in [0.1, 0.15) is 446 Å². The fourth-order valence-corrected chi connectivity index (χ4v) is 14.5. The van der Waals surface area contributed by atoms with Crippen molar-refractivity contribution in [1.29, 1.82) is 0 Å². The first kappa shape index (κ1) is 100. The lowest BCUT2D eigenvalue weighted by atomic mass is 10.0. The smallest absolute Gasteiger partial charge is 0.462 e. The van der Waals surface area contributed by atoms with E-state index >= 15 is 0 Å². The van der Waals surface area contributed by atoms with Gasteiger partial charge in [0.15, 0.2) is 12.2 Å². The molecule has 2 unspecified atom stereocenters. The van der Waals surface area contributed by atoms with Crippen LogP contribution in [0.3, 0.4) is 0 Å². The van der Waals surface area contributed by atoms with Crippen LogP contribution in [0.25, 0.3) is 0 Å². The summed E-state index contributed by atoms with van der Waals surface area (Å²) >= 11 is 0. The second-order valence-corrected chi connectivity index (χ2v) is 33.3. The van der Waals surface area contributed by atoms with Crippen molar-refractivity contribution in [2.24, 2.45) is 5.92 Å². The van der Waals surface area contributed by atoms with Crippen molar-refractivity contribution in [3.63, 3.8) is 0 Å². The van der Waals surface area contributed by atoms with Gasteiger partial charge in [0.2, 0.25) is 0 Å². The minimum atomic E-state index is -4.96. The normalized spacial score (nSPS) is 13.8. The predicted octanol–water partition coefficient (Wildman–Crippen LogP) is 25.2. The standard InChI is InChI=1S/C83H162O17P2/c1-6-9-12-15-18-21-23-25-27-29-30-31-32-34-40-44-49-54-59-64-69-83(88)100-79(73-94-81(86)67-62-57-52-47-42-38-36-35-37-41-46-50-55-60-65-76(4)5)75-98-102(91,92)96-71-77(84)70-95-101(89,90)97-74-78(72-93-80(85)66-61-56-51-45-20-17-14-11-8-3)99-82(87)68-63-58-53-48-43-39-33-28-26-24-22-19-16-13-10-7-2/h76-79,84H,6-75H2,1-5H3,(H,89,90)(H,91,92)/t77-,78+,79+/m0/s1. The molecule has 102 heavy (non-hydrogen) atoms. The summed E-state index contributed by atoms with van der Waals surface area (Å²) in [5.74, 6) is -1.30. The van der Waals surface area contributed by atoms with Crippen molar-refractivity contribution in [3.05, 3.63) is 0 Å². The second-order valence-electron chi connectivity index (χ2n) is 30.3. The Bertz CT molecular complexity index is 1940. The summed E-state index contributed by atoms with van der Waals surface area (Å²) in [4.78, 5) is 73.1. The molecule has 0 aliphatic rings. The van der Waals surface area contributed by atoms with Crippen molar-refractivity contribution in [2.75, 3.05) is 39.6 Å². The Morgan fingerprint density at radius 3 is 0.667 bits per heavy atom. The maximum absolute atomic E-state index is 13.1. The van der Waals surface area contributed by atoms with Gasteiger partial charge in [-0.2, -0.15) is 0 Å². The molecule has 5 atom stereocenters. The minimum absolute atomic E-state index is 0.109. The van der Waals surface area contributed by atoms with E-state index < -0.39 is 97.5 Å². The molecular weight excluding hydrogens is 1330 g/mol. The summed E-state index contributed by atoms with van der Waals surface area (Å²) in [7, 11) is -9.92. The first-order chi connectivity index (χ1) is 49.5. The third-order valence-electron chi connectivity index (χ3n) is 19.5. The lowest BCUT2D eigenvalue weighted by Gasteiger charge is -2.21. The highest BCUT2D eigenvalue weighted by molar-refractivity contribution is 7.47. The number of aliphatic hydroxyl groups is 1. The van der Waals surface area contributed by atoms with Crippen LogP contribution in [-0.2, 0) is 65.4 Å². The summed E-state index contributed by atoms with van der Waals surface area (Å²) in [6.07, 6.45) is 68.0. The fraction of sp³-hybridized carbons (Fsp3) is 0.952. The van der Waals surface area contributed by atoms with Crippen LogP contribution < -0.4 is 0 Å². The summed E-state index contributed by atoms with van der Waals surface area (Å²) in [5.41, 5.74) is 0. The Labute approximate surface area is 626 Å². The fourth-order valence-electron chi connectivity index (χ4n) is 12.9. The number of aliphatic hydroxyl groups excluding tert-OH is 1. The number of ether oxygens (including phenoxy) is 4. The van der Waals surface area contributed by atoms with E-state index in [1.165, 1.54) is 270 Å². The Morgan fingerprint density at radius 2 is 0.451 bits per heavy atom. The molecule has 0 saturated heterocycles. The number of carbonyl (C=O) groups excluding carboxylic acids is 4. The summed E-state index contributed by atoms with van der Waals surface area (Å²) in [6.45, 7) is 7.36. The van der Waals surface area contributed by atoms with Crippen molar-refractivity contribution < 1.29 is 80.2 Å². The molecule has 0 rings (SSSR count). The lowest BCUT2D eigenvalue weighted by molar-refractivity contribution is -0.161. The van der Waals surface area contributed by atoms with E-state index in [1.807, 2.05) is 0 Å². The van der Waals surface area contributed by atoms with Gasteiger partial charge in [0.25, 0.3) is 0 Å². The average Bonchev–Trinajstić information content (AvgIpc) is 0.920. The van der Waals surface area contributed by atoms with E-state index in [9.17, 15) is 43.2 Å². The van der Waals surface area contributed by atoms with E-state index in [2.05, 4.69) is 34.6 Å². The molecule has 0 fully saturated rings. The first-order valence-electron chi connectivity index (χ1n) is 43.1. The molecule has 0 bridgehead atoms. The third-order valence-corrected chi connectivity index (χ3v) is 21.4. The number of phosphoric ester groups is 2. The minimum Gasteiger partial charge on any atom is -0.462 e. The van der Waals surface area contributed by atoms with Gasteiger partial charge < -0.3 is 33.8 Å². The van der Waals surface area contributed by atoms with Gasteiger partial charge >= 0.3 is 39.5 Å². The number of phosphoric acid groups is 2. The molecule has 0 aromatic heterocycles. The first-order valence-corrected chi connectivity index (χ1v) is 46.1. The zero-order chi connectivity index (χ0) is 74.8. The zero-order valence-corrected chi connectivity index (χ0v) is 68.5. The molecule has 0 heterocycles. The van der Waals surface area contributed by atoms with Gasteiger partial charge in [-0.05, 0) is 31.6 Å². The van der Waals surface area contributed by atoms with Crippen LogP contribution in [0.15, 0.2) is 0 Å². The van der Waals surface area contributed by atoms with Crippen molar-refractivity contribution in [2.45, 2.75) is 464 Å². The molecule has 0 aromatic rings. The lowest BCUT2D eigenvalue weighted by Crippen LogP contribution is -2.30. The van der Waals surface area contributed by atoms with Gasteiger partial charge in [0, 0.05) is 25.7 Å². The van der Waals surface area contributed by atoms with Gasteiger partial charge in [0.05, 0.1) is 26.4 Å². The number of hydrogen-bond acceptors (Lipinski definition) is 15. The molecule has 17 nitrogen and oxygen atoms in total. The van der Waals surface area contributed by atoms with Crippen molar-refractivity contribution >= 4 is 39.5 Å². The highest BCUT2D eigenvalue weighted by Gasteiger charge is 2.30. The predicted molar refractivity (Wildman–Crippen MR) is 418 cm³/mol. The summed E-state index contributed by atoms with van der Waals surface area (Å²) in [5, 5.41) is 10.7. The number of esters is 4. The van der Waals surface area contributed by atoms with E-state index in [4.69, 9.17) is 37.0 Å².